The van der Waals surface area contributed by atoms with Crippen LogP contribution in [0.1, 0.15) is 42.5 Å². The Morgan fingerprint density at radius 2 is 1.84 bits per heavy atom. The van der Waals surface area contributed by atoms with Crippen molar-refractivity contribution in [2.45, 2.75) is 39.2 Å². The minimum atomic E-state index is -0.419. The number of hydrogen-bond donors (Lipinski definition) is 1. The molecule has 0 spiro atoms. The third kappa shape index (κ3) is 4.94. The molecule has 5 nitrogen and oxygen atoms in total. The molecular weight excluding hydrogens is 410 g/mol. The molecule has 0 unspecified atom stereocenters. The van der Waals surface area contributed by atoms with E-state index in [1.807, 2.05) is 53.1 Å². The molecule has 1 N–H and O–H groups in total. The van der Waals surface area contributed by atoms with Crippen LogP contribution in [0.2, 0.25) is 5.02 Å². The number of likely N-dealkylation sites (tertiary alicyclic amines) is 1. The number of hydrogen-bond acceptors (Lipinski definition) is 3. The molecule has 164 valence electrons. The summed E-state index contributed by atoms with van der Waals surface area (Å²) < 4.78 is 0. The first kappa shape index (κ1) is 21.8. The van der Waals surface area contributed by atoms with Gasteiger partial charge in [-0.1, -0.05) is 48.9 Å². The van der Waals surface area contributed by atoms with Gasteiger partial charge < -0.3 is 10.2 Å². The zero-order valence-electron chi connectivity index (χ0n) is 18.2. The fourth-order valence-corrected chi connectivity index (χ4v) is 4.86. The van der Waals surface area contributed by atoms with Crippen molar-refractivity contribution in [3.8, 4) is 0 Å². The number of benzene rings is 2. The normalized spacial score (nSPS) is 19.7. The Labute approximate surface area is 189 Å². The van der Waals surface area contributed by atoms with Gasteiger partial charge in [0.1, 0.15) is 6.04 Å². The van der Waals surface area contributed by atoms with E-state index in [-0.39, 0.29) is 18.4 Å². The second-order valence-corrected chi connectivity index (χ2v) is 9.27. The quantitative estimate of drug-likeness (QED) is 0.765. The predicted octanol–water partition coefficient (Wildman–Crippen LogP) is 4.44. The average Bonchev–Trinajstić information content (AvgIpc) is 2.75. The molecule has 0 saturated carbocycles. The Morgan fingerprint density at radius 3 is 2.58 bits per heavy atom. The summed E-state index contributed by atoms with van der Waals surface area (Å²) in [5.74, 6) is 0.610. The third-order valence-electron chi connectivity index (χ3n) is 6.46. The van der Waals surface area contributed by atoms with Gasteiger partial charge in [0.2, 0.25) is 11.8 Å². The van der Waals surface area contributed by atoms with Crippen molar-refractivity contribution in [1.82, 2.24) is 9.80 Å². The molecule has 0 aliphatic carbocycles. The third-order valence-corrected chi connectivity index (χ3v) is 6.77. The Bertz CT molecular complexity index is 969. The highest BCUT2D eigenvalue weighted by atomic mass is 35.5. The summed E-state index contributed by atoms with van der Waals surface area (Å²) in [6.45, 7) is 6.60. The van der Waals surface area contributed by atoms with Gasteiger partial charge in [-0.05, 0) is 60.9 Å². The van der Waals surface area contributed by atoms with Gasteiger partial charge in [0.05, 0.1) is 17.3 Å². The van der Waals surface area contributed by atoms with Crippen LogP contribution in [0.15, 0.2) is 42.5 Å². The van der Waals surface area contributed by atoms with E-state index < -0.39 is 6.04 Å². The second kappa shape index (κ2) is 9.41. The maximum Gasteiger partial charge on any atom is 0.244 e. The van der Waals surface area contributed by atoms with E-state index >= 15 is 0 Å². The average molecular weight is 440 g/mol. The Hall–Kier alpha value is -2.37. The number of nitrogens with zero attached hydrogens (tertiary/aromatic N) is 2. The fraction of sp³-hybridized carbons (Fsp3) is 0.440. The summed E-state index contributed by atoms with van der Waals surface area (Å²) in [7, 11) is 0. The lowest BCUT2D eigenvalue weighted by atomic mass is 9.90. The molecule has 2 aliphatic rings. The molecule has 4 rings (SSSR count). The molecule has 2 heterocycles. The Kier molecular flexibility index (Phi) is 6.63. The largest absolute Gasteiger partial charge is 0.341 e. The van der Waals surface area contributed by atoms with Gasteiger partial charge in [0, 0.05) is 19.6 Å². The van der Waals surface area contributed by atoms with Gasteiger partial charge in [-0.2, -0.15) is 0 Å². The van der Waals surface area contributed by atoms with Crippen LogP contribution >= 0.6 is 11.6 Å². The van der Waals surface area contributed by atoms with Crippen LogP contribution in [0.4, 0.5) is 5.69 Å². The first-order valence-corrected chi connectivity index (χ1v) is 11.5. The van der Waals surface area contributed by atoms with E-state index in [9.17, 15) is 9.59 Å². The zero-order chi connectivity index (χ0) is 22.0. The summed E-state index contributed by atoms with van der Waals surface area (Å²) in [5.41, 5.74) is 3.86. The molecule has 1 atom stereocenters. The number of carbonyl (C=O) groups excluding carboxylic acids is 2. The van der Waals surface area contributed by atoms with Gasteiger partial charge in [-0.3, -0.25) is 14.5 Å². The van der Waals surface area contributed by atoms with E-state index in [0.717, 1.165) is 43.5 Å². The van der Waals surface area contributed by atoms with Gasteiger partial charge in [-0.15, -0.1) is 0 Å². The standard InChI is InChI=1S/C25H30ClN3O2/c1-17-9-12-28(13-10-17)25(31)24-20-6-4-3-5-19(20)11-14-29(24)16-23(30)27-22-8-7-18(2)15-21(22)26/h3-8,15,17,24H,9-14,16H2,1-2H3,(H,27,30)/t24-/m0/s1. The monoisotopic (exact) mass is 439 g/mol. The summed E-state index contributed by atoms with van der Waals surface area (Å²) in [6, 6.07) is 13.3. The highest BCUT2D eigenvalue weighted by Crippen LogP contribution is 2.32. The SMILES string of the molecule is Cc1ccc(NC(=O)CN2CCc3ccccc3[C@H]2C(=O)N2CCC(C)CC2)c(Cl)c1. The van der Waals surface area contributed by atoms with Crippen molar-refractivity contribution in [2.24, 2.45) is 5.92 Å². The Morgan fingerprint density at radius 1 is 1.10 bits per heavy atom. The number of rotatable bonds is 4. The van der Waals surface area contributed by atoms with Crippen molar-refractivity contribution in [1.29, 1.82) is 0 Å². The van der Waals surface area contributed by atoms with Crippen molar-refractivity contribution in [3.63, 3.8) is 0 Å². The van der Waals surface area contributed by atoms with Crippen molar-refractivity contribution < 1.29 is 9.59 Å². The van der Waals surface area contributed by atoms with Crippen molar-refractivity contribution in [2.75, 3.05) is 31.5 Å². The molecule has 2 aromatic carbocycles. The number of halogens is 1. The molecular formula is C25H30ClN3O2. The number of carbonyl (C=O) groups is 2. The van der Waals surface area contributed by atoms with Gasteiger partial charge in [0.25, 0.3) is 0 Å². The molecule has 2 amide bonds. The highest BCUT2D eigenvalue weighted by Gasteiger charge is 2.37. The molecule has 1 fully saturated rings. The number of nitrogens with one attached hydrogen (secondary N) is 1. The minimum absolute atomic E-state index is 0.111. The van der Waals surface area contributed by atoms with E-state index in [4.69, 9.17) is 11.6 Å². The molecule has 2 aromatic rings. The van der Waals surface area contributed by atoms with E-state index in [1.54, 1.807) is 0 Å². The van der Waals surface area contributed by atoms with Crippen LogP contribution in [0.25, 0.3) is 0 Å². The number of aryl methyl sites for hydroxylation is 1. The zero-order valence-corrected chi connectivity index (χ0v) is 19.0. The minimum Gasteiger partial charge on any atom is -0.341 e. The summed E-state index contributed by atoms with van der Waals surface area (Å²) in [5, 5.41) is 3.44. The lowest BCUT2D eigenvalue weighted by Gasteiger charge is -2.40. The first-order chi connectivity index (χ1) is 14.9. The predicted molar refractivity (Wildman–Crippen MR) is 124 cm³/mol. The number of anilines is 1. The van der Waals surface area contributed by atoms with Crippen LogP contribution in [-0.4, -0.2) is 47.8 Å². The van der Waals surface area contributed by atoms with Crippen LogP contribution < -0.4 is 5.32 Å². The summed E-state index contributed by atoms with van der Waals surface area (Å²) in [6.07, 6.45) is 2.90. The van der Waals surface area contributed by atoms with E-state index in [0.29, 0.717) is 23.2 Å². The topological polar surface area (TPSA) is 52.7 Å². The fourth-order valence-electron chi connectivity index (χ4n) is 4.58. The lowest BCUT2D eigenvalue weighted by Crippen LogP contribution is -2.50. The maximum absolute atomic E-state index is 13.6. The van der Waals surface area contributed by atoms with E-state index in [1.165, 1.54) is 5.56 Å². The summed E-state index contributed by atoms with van der Waals surface area (Å²) in [4.78, 5) is 30.5. The summed E-state index contributed by atoms with van der Waals surface area (Å²) >= 11 is 6.29. The second-order valence-electron chi connectivity index (χ2n) is 8.86. The molecule has 6 heteroatoms. The number of amides is 2. The number of fused-ring (bicyclic) bond motifs is 1. The lowest BCUT2D eigenvalue weighted by molar-refractivity contribution is -0.139. The van der Waals surface area contributed by atoms with E-state index in [2.05, 4.69) is 18.3 Å². The van der Waals surface area contributed by atoms with Crippen LogP contribution in [0.3, 0.4) is 0 Å². The highest BCUT2D eigenvalue weighted by molar-refractivity contribution is 6.33. The molecule has 0 radical (unpaired) electrons. The molecule has 0 bridgehead atoms. The van der Waals surface area contributed by atoms with Crippen molar-refractivity contribution >= 4 is 29.1 Å². The molecule has 31 heavy (non-hydrogen) atoms. The number of piperidine rings is 1. The Balaban J connectivity index is 1.53. The van der Waals surface area contributed by atoms with Crippen LogP contribution in [0, 0.1) is 12.8 Å². The molecule has 1 saturated heterocycles. The van der Waals surface area contributed by atoms with Crippen LogP contribution in [0.5, 0.6) is 0 Å². The smallest absolute Gasteiger partial charge is 0.244 e. The van der Waals surface area contributed by atoms with Gasteiger partial charge >= 0.3 is 0 Å². The van der Waals surface area contributed by atoms with Gasteiger partial charge in [0.15, 0.2) is 0 Å². The van der Waals surface area contributed by atoms with Crippen LogP contribution in [-0.2, 0) is 16.0 Å². The molecule has 2 aliphatic heterocycles. The van der Waals surface area contributed by atoms with Gasteiger partial charge in [-0.25, -0.2) is 0 Å². The van der Waals surface area contributed by atoms with Crippen molar-refractivity contribution in [3.05, 3.63) is 64.2 Å². The first-order valence-electron chi connectivity index (χ1n) is 11.1. The maximum atomic E-state index is 13.6. The molecule has 0 aromatic heterocycles.